The van der Waals surface area contributed by atoms with Crippen molar-refractivity contribution in [2.75, 3.05) is 12.4 Å². The number of nitrogens with zero attached hydrogens (tertiary/aromatic N) is 2. The predicted molar refractivity (Wildman–Crippen MR) is 108 cm³/mol. The molecule has 1 heterocycles. The number of fused-ring (bicyclic) bond motifs is 1. The molecule has 9 nitrogen and oxygen atoms in total. The van der Waals surface area contributed by atoms with Gasteiger partial charge in [-0.1, -0.05) is 11.6 Å². The summed E-state index contributed by atoms with van der Waals surface area (Å²) in [7, 11) is 1.48. The van der Waals surface area contributed by atoms with E-state index < -0.39 is 10.7 Å². The highest BCUT2D eigenvalue weighted by Gasteiger charge is 2.15. The second-order valence-corrected chi connectivity index (χ2v) is 6.79. The number of carbonyl (C=O) groups is 1. The van der Waals surface area contributed by atoms with Crippen LogP contribution in [0.5, 0.6) is 5.75 Å². The van der Waals surface area contributed by atoms with Gasteiger partial charge in [-0.05, 0) is 31.0 Å². The van der Waals surface area contributed by atoms with Gasteiger partial charge in [-0.2, -0.15) is 0 Å². The summed E-state index contributed by atoms with van der Waals surface area (Å²) in [5.41, 5.74) is 1.72. The molecule has 0 fully saturated rings. The number of hydrogen-bond donors (Lipinski definition) is 1. The molecule has 10 heteroatoms. The van der Waals surface area contributed by atoms with Crippen LogP contribution >= 0.6 is 11.6 Å². The number of anilines is 1. The molecular formula is C19H18ClN3O6. The smallest absolute Gasteiger partial charge is 0.419 e. The highest BCUT2D eigenvalue weighted by atomic mass is 35.5. The number of oxazole rings is 1. The summed E-state index contributed by atoms with van der Waals surface area (Å²) < 4.78 is 11.6. The number of benzene rings is 2. The number of nitrogens with one attached hydrogen (secondary N) is 1. The molecule has 0 saturated heterocycles. The van der Waals surface area contributed by atoms with E-state index >= 15 is 0 Å². The zero-order valence-electron chi connectivity index (χ0n) is 15.7. The molecule has 2 aromatic carbocycles. The van der Waals surface area contributed by atoms with Crippen LogP contribution in [0.25, 0.3) is 11.1 Å². The Morgan fingerprint density at radius 3 is 2.79 bits per heavy atom. The van der Waals surface area contributed by atoms with Gasteiger partial charge in [-0.15, -0.1) is 0 Å². The zero-order chi connectivity index (χ0) is 21.1. The van der Waals surface area contributed by atoms with Crippen LogP contribution in [-0.4, -0.2) is 22.5 Å². The normalized spacial score (nSPS) is 10.9. The third kappa shape index (κ3) is 4.40. The van der Waals surface area contributed by atoms with E-state index in [1.54, 1.807) is 12.1 Å². The maximum atomic E-state index is 12.3. The van der Waals surface area contributed by atoms with Crippen LogP contribution < -0.4 is 15.8 Å². The summed E-state index contributed by atoms with van der Waals surface area (Å²) in [6, 6.07) is 7.31. The first-order valence-electron chi connectivity index (χ1n) is 8.72. The summed E-state index contributed by atoms with van der Waals surface area (Å²) in [5.74, 6) is -0.426. The average molecular weight is 420 g/mol. The molecule has 3 rings (SSSR count). The lowest BCUT2D eigenvalue weighted by Gasteiger charge is -2.12. The minimum Gasteiger partial charge on any atom is -0.495 e. The number of aromatic nitrogens is 1. The Morgan fingerprint density at radius 1 is 1.34 bits per heavy atom. The van der Waals surface area contributed by atoms with Crippen molar-refractivity contribution in [2.24, 2.45) is 0 Å². The molecule has 3 aromatic rings. The monoisotopic (exact) mass is 419 g/mol. The number of amides is 1. The number of rotatable bonds is 7. The van der Waals surface area contributed by atoms with E-state index in [-0.39, 0.29) is 30.1 Å². The maximum Gasteiger partial charge on any atom is 0.419 e. The first kappa shape index (κ1) is 20.4. The first-order valence-corrected chi connectivity index (χ1v) is 9.09. The summed E-state index contributed by atoms with van der Waals surface area (Å²) in [6.07, 6.45) is 0.517. The minimum absolute atomic E-state index is 0.134. The van der Waals surface area contributed by atoms with Crippen LogP contribution in [0.3, 0.4) is 0 Å². The molecule has 1 N–H and O–H groups in total. The van der Waals surface area contributed by atoms with Crippen LogP contribution in [0.2, 0.25) is 5.02 Å². The van der Waals surface area contributed by atoms with Crippen molar-refractivity contribution in [2.45, 2.75) is 26.3 Å². The fourth-order valence-electron chi connectivity index (χ4n) is 2.92. The highest BCUT2D eigenvalue weighted by Crippen LogP contribution is 2.31. The number of halogens is 1. The fourth-order valence-corrected chi connectivity index (χ4v) is 3.07. The average Bonchev–Trinajstić information content (AvgIpc) is 2.99. The Kier molecular flexibility index (Phi) is 5.88. The molecule has 0 aliphatic heterocycles. The SMILES string of the molecule is COc1cc(Cl)c(C)cc1NC(=O)CCCn1c(=O)oc2cc([N+](=O)[O-])ccc21. The first-order chi connectivity index (χ1) is 13.8. The largest absolute Gasteiger partial charge is 0.495 e. The van der Waals surface area contributed by atoms with Gasteiger partial charge >= 0.3 is 5.76 Å². The summed E-state index contributed by atoms with van der Waals surface area (Å²) in [4.78, 5) is 34.6. The summed E-state index contributed by atoms with van der Waals surface area (Å²) >= 11 is 6.06. The van der Waals surface area contributed by atoms with Crippen molar-refractivity contribution in [3.63, 3.8) is 0 Å². The number of methoxy groups -OCH3 is 1. The Balaban J connectivity index is 1.67. The third-order valence-electron chi connectivity index (χ3n) is 4.40. The molecule has 0 unspecified atom stereocenters. The second-order valence-electron chi connectivity index (χ2n) is 6.38. The lowest BCUT2D eigenvalue weighted by Crippen LogP contribution is -2.17. The number of hydrogen-bond acceptors (Lipinski definition) is 6. The summed E-state index contributed by atoms with van der Waals surface area (Å²) in [5, 5.41) is 14.1. The Morgan fingerprint density at radius 2 is 2.10 bits per heavy atom. The van der Waals surface area contributed by atoms with Crippen LogP contribution in [0, 0.1) is 17.0 Å². The van der Waals surface area contributed by atoms with E-state index in [0.717, 1.165) is 5.56 Å². The Labute approximate surface area is 170 Å². The van der Waals surface area contributed by atoms with Crippen molar-refractivity contribution in [3.05, 3.63) is 61.6 Å². The van der Waals surface area contributed by atoms with Gasteiger partial charge in [0.05, 0.1) is 29.3 Å². The van der Waals surface area contributed by atoms with Gasteiger partial charge < -0.3 is 14.5 Å². The Bertz CT molecular complexity index is 1150. The van der Waals surface area contributed by atoms with E-state index in [9.17, 15) is 19.7 Å². The molecule has 0 aliphatic rings. The topological polar surface area (TPSA) is 117 Å². The van der Waals surface area contributed by atoms with Crippen LogP contribution in [0.1, 0.15) is 18.4 Å². The quantitative estimate of drug-likeness (QED) is 0.458. The van der Waals surface area contributed by atoms with Gasteiger partial charge in [0.25, 0.3) is 5.69 Å². The van der Waals surface area contributed by atoms with Crippen molar-refractivity contribution in [3.8, 4) is 5.75 Å². The maximum absolute atomic E-state index is 12.3. The zero-order valence-corrected chi connectivity index (χ0v) is 16.5. The van der Waals surface area contributed by atoms with E-state index in [0.29, 0.717) is 28.4 Å². The highest BCUT2D eigenvalue weighted by molar-refractivity contribution is 6.31. The van der Waals surface area contributed by atoms with Gasteiger partial charge in [0.2, 0.25) is 5.91 Å². The van der Waals surface area contributed by atoms with Gasteiger partial charge in [-0.25, -0.2) is 4.79 Å². The molecule has 1 amide bonds. The van der Waals surface area contributed by atoms with Crippen molar-refractivity contribution < 1.29 is 18.9 Å². The third-order valence-corrected chi connectivity index (χ3v) is 4.81. The number of ether oxygens (including phenoxy) is 1. The standard InChI is InChI=1S/C19H18ClN3O6/c1-11-8-14(16(28-2)10-13(11)20)21-18(24)4-3-7-22-15-6-5-12(23(26)27)9-17(15)29-19(22)25/h5-6,8-10H,3-4,7H2,1-2H3,(H,21,24). The molecule has 0 bridgehead atoms. The lowest BCUT2D eigenvalue weighted by molar-refractivity contribution is -0.384. The van der Waals surface area contributed by atoms with Crippen molar-refractivity contribution in [1.29, 1.82) is 0 Å². The van der Waals surface area contributed by atoms with E-state index in [2.05, 4.69) is 5.32 Å². The molecular weight excluding hydrogens is 402 g/mol. The molecule has 0 radical (unpaired) electrons. The van der Waals surface area contributed by atoms with Crippen molar-refractivity contribution in [1.82, 2.24) is 4.57 Å². The Hall–Kier alpha value is -3.33. The van der Waals surface area contributed by atoms with E-state index in [1.807, 2.05) is 6.92 Å². The molecule has 0 atom stereocenters. The predicted octanol–water partition coefficient (Wildman–Crippen LogP) is 3.89. The fraction of sp³-hybridized carbons (Fsp3) is 0.263. The van der Waals surface area contributed by atoms with Crippen molar-refractivity contribution >= 4 is 40.0 Å². The molecule has 152 valence electrons. The van der Waals surface area contributed by atoms with Gasteiger partial charge in [0.1, 0.15) is 5.75 Å². The summed E-state index contributed by atoms with van der Waals surface area (Å²) in [6.45, 7) is 2.05. The number of carbonyl (C=O) groups excluding carboxylic acids is 1. The van der Waals surface area contributed by atoms with Gasteiger partial charge in [0.15, 0.2) is 5.58 Å². The van der Waals surface area contributed by atoms with E-state index in [1.165, 1.54) is 29.9 Å². The van der Waals surface area contributed by atoms with Crippen LogP contribution in [0.15, 0.2) is 39.5 Å². The molecule has 0 saturated carbocycles. The lowest BCUT2D eigenvalue weighted by atomic mass is 10.2. The number of aryl methyl sites for hydroxylation is 2. The minimum atomic E-state index is -0.629. The number of non-ortho nitro benzene ring substituents is 1. The molecule has 0 aliphatic carbocycles. The van der Waals surface area contributed by atoms with Crippen LogP contribution in [0.4, 0.5) is 11.4 Å². The molecule has 1 aromatic heterocycles. The van der Waals surface area contributed by atoms with Crippen LogP contribution in [-0.2, 0) is 11.3 Å². The number of nitro benzene ring substituents is 1. The van der Waals surface area contributed by atoms with Gasteiger partial charge in [-0.3, -0.25) is 19.5 Å². The van der Waals surface area contributed by atoms with E-state index in [4.69, 9.17) is 20.8 Å². The second kappa shape index (κ2) is 8.36. The molecule has 29 heavy (non-hydrogen) atoms. The molecule has 0 spiro atoms. The number of nitro groups is 1. The van der Waals surface area contributed by atoms with Gasteiger partial charge in [0, 0.05) is 30.1 Å².